The topological polar surface area (TPSA) is 96.1 Å². The van der Waals surface area contributed by atoms with Gasteiger partial charge < -0.3 is 10.1 Å². The van der Waals surface area contributed by atoms with E-state index in [1.165, 1.54) is 0 Å². The Morgan fingerprint density at radius 2 is 2.19 bits per heavy atom. The molecule has 7 nitrogen and oxygen atoms in total. The summed E-state index contributed by atoms with van der Waals surface area (Å²) < 4.78 is 32.9. The Morgan fingerprint density at radius 1 is 1.48 bits per heavy atom. The van der Waals surface area contributed by atoms with Gasteiger partial charge in [0.2, 0.25) is 0 Å². The number of aromatic nitrogens is 2. The molecule has 1 fully saturated rings. The third-order valence-electron chi connectivity index (χ3n) is 3.93. The van der Waals surface area contributed by atoms with E-state index in [-0.39, 0.29) is 16.7 Å². The van der Waals surface area contributed by atoms with E-state index in [4.69, 9.17) is 4.74 Å². The van der Waals surface area contributed by atoms with Crippen LogP contribution in [0.15, 0.2) is 11.2 Å². The van der Waals surface area contributed by atoms with E-state index in [1.807, 2.05) is 13.8 Å². The highest BCUT2D eigenvalue weighted by Gasteiger charge is 2.38. The molecule has 1 aromatic rings. The molecule has 0 unspecified atom stereocenters. The van der Waals surface area contributed by atoms with Crippen LogP contribution in [0.5, 0.6) is 0 Å². The number of H-pyrrole nitrogens is 1. The summed E-state index contributed by atoms with van der Waals surface area (Å²) in [6, 6.07) is 0.273. The van der Waals surface area contributed by atoms with Crippen molar-refractivity contribution >= 4 is 10.0 Å². The van der Waals surface area contributed by atoms with Crippen LogP contribution in [0, 0.1) is 0 Å². The van der Waals surface area contributed by atoms with Gasteiger partial charge in [-0.15, -0.1) is 0 Å². The second-order valence-electron chi connectivity index (χ2n) is 5.83. The molecule has 0 atom stereocenters. The van der Waals surface area contributed by atoms with Gasteiger partial charge in [0.15, 0.2) is 5.03 Å². The lowest BCUT2D eigenvalue weighted by Crippen LogP contribution is -2.49. The number of nitrogens with zero attached hydrogens (tertiary/aromatic N) is 1. The van der Waals surface area contributed by atoms with Gasteiger partial charge in [-0.3, -0.25) is 5.10 Å². The van der Waals surface area contributed by atoms with Gasteiger partial charge in [0.25, 0.3) is 10.0 Å². The van der Waals surface area contributed by atoms with Crippen molar-refractivity contribution in [1.29, 1.82) is 0 Å². The molecule has 21 heavy (non-hydrogen) atoms. The van der Waals surface area contributed by atoms with E-state index in [9.17, 15) is 8.42 Å². The van der Waals surface area contributed by atoms with Crippen LogP contribution in [0.4, 0.5) is 0 Å². The van der Waals surface area contributed by atoms with Crippen LogP contribution in [-0.4, -0.2) is 43.9 Å². The van der Waals surface area contributed by atoms with Crippen LogP contribution in [-0.2, 0) is 21.3 Å². The number of hydrogen-bond acceptors (Lipinski definition) is 5. The van der Waals surface area contributed by atoms with Gasteiger partial charge in [0, 0.05) is 31.8 Å². The van der Waals surface area contributed by atoms with Crippen molar-refractivity contribution in [3.05, 3.63) is 11.8 Å². The molecule has 0 aliphatic heterocycles. The molecule has 1 heterocycles. The van der Waals surface area contributed by atoms with Crippen molar-refractivity contribution in [2.24, 2.45) is 0 Å². The molecule has 0 aromatic carbocycles. The zero-order valence-corrected chi connectivity index (χ0v) is 13.6. The van der Waals surface area contributed by atoms with E-state index in [2.05, 4.69) is 20.2 Å². The summed E-state index contributed by atoms with van der Waals surface area (Å²) in [5, 5.41) is 9.74. The number of aromatic amines is 1. The fourth-order valence-electron chi connectivity index (χ4n) is 2.29. The standard InChI is InChI=1S/C13H24N4O3S/c1-10(2)14-7-11-8-15-17-12(11)21(18,19)16-9-13(20-3)5-4-6-13/h8,10,14,16H,4-7,9H2,1-3H3,(H,15,17). The summed E-state index contributed by atoms with van der Waals surface area (Å²) in [6.07, 6.45) is 4.38. The normalized spacial score (nSPS) is 17.9. The third kappa shape index (κ3) is 3.82. The van der Waals surface area contributed by atoms with Gasteiger partial charge in [-0.25, -0.2) is 13.1 Å². The van der Waals surface area contributed by atoms with E-state index in [1.54, 1.807) is 13.3 Å². The molecule has 0 saturated heterocycles. The molecule has 1 aliphatic carbocycles. The first-order chi connectivity index (χ1) is 9.88. The third-order valence-corrected chi connectivity index (χ3v) is 5.35. The molecule has 0 radical (unpaired) electrons. The maximum atomic E-state index is 12.4. The molecule has 2 rings (SSSR count). The van der Waals surface area contributed by atoms with Crippen molar-refractivity contribution in [1.82, 2.24) is 20.2 Å². The van der Waals surface area contributed by atoms with Crippen LogP contribution in [0.1, 0.15) is 38.7 Å². The number of nitrogens with one attached hydrogen (secondary N) is 3. The van der Waals surface area contributed by atoms with Crippen LogP contribution in [0.3, 0.4) is 0 Å². The minimum Gasteiger partial charge on any atom is -0.377 e. The molecule has 0 bridgehead atoms. The van der Waals surface area contributed by atoms with Gasteiger partial charge in [-0.1, -0.05) is 13.8 Å². The Hall–Kier alpha value is -0.960. The zero-order valence-electron chi connectivity index (χ0n) is 12.8. The molecule has 8 heteroatoms. The number of hydrogen-bond donors (Lipinski definition) is 3. The Morgan fingerprint density at radius 3 is 2.71 bits per heavy atom. The Bertz CT molecular complexity index is 558. The van der Waals surface area contributed by atoms with Crippen LogP contribution < -0.4 is 10.0 Å². The molecule has 1 aromatic heterocycles. The fourth-order valence-corrected chi connectivity index (χ4v) is 3.54. The second kappa shape index (κ2) is 6.43. The smallest absolute Gasteiger partial charge is 0.257 e. The molecule has 120 valence electrons. The molecule has 1 aliphatic rings. The Balaban J connectivity index is 2.04. The highest BCUT2D eigenvalue weighted by molar-refractivity contribution is 7.89. The number of methoxy groups -OCH3 is 1. The Kier molecular flexibility index (Phi) is 5.03. The average molecular weight is 316 g/mol. The predicted octanol–water partition coefficient (Wildman–Crippen LogP) is 0.755. The van der Waals surface area contributed by atoms with Crippen molar-refractivity contribution in [3.8, 4) is 0 Å². The van der Waals surface area contributed by atoms with Crippen molar-refractivity contribution < 1.29 is 13.2 Å². The Labute approximate surface area is 125 Å². The lowest BCUT2D eigenvalue weighted by molar-refractivity contribution is -0.0659. The highest BCUT2D eigenvalue weighted by Crippen LogP contribution is 2.34. The van der Waals surface area contributed by atoms with Crippen molar-refractivity contribution in [3.63, 3.8) is 0 Å². The van der Waals surface area contributed by atoms with Gasteiger partial charge in [-0.05, 0) is 19.3 Å². The molecule has 3 N–H and O–H groups in total. The van der Waals surface area contributed by atoms with E-state index < -0.39 is 10.0 Å². The first-order valence-electron chi connectivity index (χ1n) is 7.19. The van der Waals surface area contributed by atoms with Crippen molar-refractivity contribution in [2.45, 2.75) is 56.3 Å². The molecule has 0 amide bonds. The minimum atomic E-state index is -3.60. The summed E-state index contributed by atoms with van der Waals surface area (Å²) in [6.45, 7) is 4.76. The maximum absolute atomic E-state index is 12.4. The van der Waals surface area contributed by atoms with Gasteiger partial charge in [0.05, 0.1) is 11.8 Å². The van der Waals surface area contributed by atoms with Gasteiger partial charge >= 0.3 is 0 Å². The lowest BCUT2D eigenvalue weighted by atomic mass is 9.80. The number of ether oxygens (including phenoxy) is 1. The summed E-state index contributed by atoms with van der Waals surface area (Å²) in [4.78, 5) is 0. The first kappa shape index (κ1) is 16.4. The van der Waals surface area contributed by atoms with Crippen LogP contribution >= 0.6 is 0 Å². The van der Waals surface area contributed by atoms with Crippen molar-refractivity contribution in [2.75, 3.05) is 13.7 Å². The van der Waals surface area contributed by atoms with Gasteiger partial charge in [-0.2, -0.15) is 5.10 Å². The fraction of sp³-hybridized carbons (Fsp3) is 0.769. The molecular formula is C13H24N4O3S. The number of rotatable bonds is 8. The SMILES string of the molecule is COC1(CNS(=O)(=O)c2[nH]ncc2CNC(C)C)CCC1. The van der Waals surface area contributed by atoms with Crippen LogP contribution in [0.2, 0.25) is 0 Å². The zero-order chi connectivity index (χ0) is 15.5. The summed E-state index contributed by atoms with van der Waals surface area (Å²) >= 11 is 0. The predicted molar refractivity (Wildman–Crippen MR) is 79.3 cm³/mol. The summed E-state index contributed by atoms with van der Waals surface area (Å²) in [7, 11) is -1.98. The van der Waals surface area contributed by atoms with Crippen LogP contribution in [0.25, 0.3) is 0 Å². The van der Waals surface area contributed by atoms with E-state index in [0.29, 0.717) is 18.7 Å². The molecule has 0 spiro atoms. The van der Waals surface area contributed by atoms with Gasteiger partial charge in [0.1, 0.15) is 0 Å². The second-order valence-corrected chi connectivity index (χ2v) is 7.53. The quantitative estimate of drug-likeness (QED) is 0.658. The maximum Gasteiger partial charge on any atom is 0.257 e. The average Bonchev–Trinajstić information content (AvgIpc) is 2.84. The minimum absolute atomic E-state index is 0.126. The van der Waals surface area contributed by atoms with E-state index in [0.717, 1.165) is 19.3 Å². The van der Waals surface area contributed by atoms with E-state index >= 15 is 0 Å². The lowest BCUT2D eigenvalue weighted by Gasteiger charge is -2.40. The summed E-state index contributed by atoms with van der Waals surface area (Å²) in [5.74, 6) is 0. The highest BCUT2D eigenvalue weighted by atomic mass is 32.2. The first-order valence-corrected chi connectivity index (χ1v) is 8.67. The number of sulfonamides is 1. The summed E-state index contributed by atoms with van der Waals surface area (Å²) in [5.41, 5.74) is 0.292. The largest absolute Gasteiger partial charge is 0.377 e. The monoisotopic (exact) mass is 316 g/mol. The molecule has 1 saturated carbocycles. The molecular weight excluding hydrogens is 292 g/mol.